The summed E-state index contributed by atoms with van der Waals surface area (Å²) < 4.78 is 5.60. The van der Waals surface area contributed by atoms with E-state index in [1.165, 1.54) is 11.1 Å². The van der Waals surface area contributed by atoms with Gasteiger partial charge in [-0.2, -0.15) is 0 Å². The van der Waals surface area contributed by atoms with Gasteiger partial charge >= 0.3 is 0 Å². The summed E-state index contributed by atoms with van der Waals surface area (Å²) in [4.78, 5) is 15.9. The van der Waals surface area contributed by atoms with E-state index in [1.54, 1.807) is 24.5 Å². The van der Waals surface area contributed by atoms with Gasteiger partial charge in [0, 0.05) is 24.5 Å². The van der Waals surface area contributed by atoms with E-state index in [4.69, 9.17) is 4.74 Å². The average Bonchev–Trinajstić information content (AvgIpc) is 2.53. The Morgan fingerprint density at radius 3 is 2.59 bits per heavy atom. The van der Waals surface area contributed by atoms with Crippen molar-refractivity contribution in [1.82, 2.24) is 10.3 Å². The number of amides is 1. The summed E-state index contributed by atoms with van der Waals surface area (Å²) in [6.07, 6.45) is 4.04. The zero-order valence-electron chi connectivity index (χ0n) is 13.3. The van der Waals surface area contributed by atoms with Gasteiger partial charge in [0.05, 0.1) is 6.61 Å². The molecule has 1 aromatic carbocycles. The second-order valence-electron chi connectivity index (χ2n) is 5.22. The summed E-state index contributed by atoms with van der Waals surface area (Å²) in [5.41, 5.74) is 4.18. The molecule has 4 heteroatoms. The van der Waals surface area contributed by atoms with Crippen molar-refractivity contribution >= 4 is 5.91 Å². The van der Waals surface area contributed by atoms with Crippen LogP contribution in [0.1, 0.15) is 34.0 Å². The molecule has 0 aliphatic rings. The van der Waals surface area contributed by atoms with Crippen molar-refractivity contribution in [3.63, 3.8) is 0 Å². The molecule has 2 rings (SSSR count). The number of nitrogens with one attached hydrogen (secondary N) is 1. The van der Waals surface area contributed by atoms with Gasteiger partial charge in [0.2, 0.25) is 0 Å². The van der Waals surface area contributed by atoms with Gasteiger partial charge in [0.15, 0.2) is 0 Å². The zero-order valence-corrected chi connectivity index (χ0v) is 13.3. The van der Waals surface area contributed by atoms with Crippen molar-refractivity contribution in [2.24, 2.45) is 0 Å². The first-order chi connectivity index (χ1) is 10.6. The molecule has 0 aliphatic heterocycles. The predicted molar refractivity (Wildman–Crippen MR) is 87.4 cm³/mol. The minimum atomic E-state index is -0.0669. The molecule has 0 aliphatic carbocycles. The maximum absolute atomic E-state index is 12.0. The number of hydrogen-bond donors (Lipinski definition) is 1. The quantitative estimate of drug-likeness (QED) is 0.891. The molecule has 0 spiro atoms. The average molecular weight is 298 g/mol. The Labute approximate surface area is 131 Å². The lowest BCUT2D eigenvalue weighted by atomic mass is 10.0. The molecule has 0 fully saturated rings. The molecule has 1 amide bonds. The predicted octanol–water partition coefficient (Wildman–Crippen LogP) is 3.07. The molecule has 1 N–H and O–H groups in total. The standard InChI is InChI=1S/C18H22N2O2/c1-4-22-17-12-13(2)16(11-14(17)3)7-10-20-18(21)15-5-8-19-9-6-15/h5-6,8-9,11-12H,4,7,10H2,1-3H3,(H,20,21). The number of ether oxygens (including phenoxy) is 1. The van der Waals surface area contributed by atoms with Crippen LogP contribution in [0.2, 0.25) is 0 Å². The van der Waals surface area contributed by atoms with Crippen molar-refractivity contribution in [1.29, 1.82) is 0 Å². The molecule has 4 nitrogen and oxygen atoms in total. The molecule has 1 heterocycles. The van der Waals surface area contributed by atoms with Crippen LogP contribution in [-0.4, -0.2) is 24.0 Å². The van der Waals surface area contributed by atoms with Gasteiger partial charge in [-0.15, -0.1) is 0 Å². The summed E-state index contributed by atoms with van der Waals surface area (Å²) >= 11 is 0. The van der Waals surface area contributed by atoms with Gasteiger partial charge in [-0.25, -0.2) is 0 Å². The maximum Gasteiger partial charge on any atom is 0.251 e. The van der Waals surface area contributed by atoms with Crippen molar-refractivity contribution < 1.29 is 9.53 Å². The fourth-order valence-corrected chi connectivity index (χ4v) is 2.35. The fraction of sp³-hybridized carbons (Fsp3) is 0.333. The van der Waals surface area contributed by atoms with E-state index < -0.39 is 0 Å². The summed E-state index contributed by atoms with van der Waals surface area (Å²) in [5.74, 6) is 0.868. The molecular formula is C18H22N2O2. The number of carbonyl (C=O) groups is 1. The van der Waals surface area contributed by atoms with E-state index in [2.05, 4.69) is 29.4 Å². The molecule has 0 saturated carbocycles. The van der Waals surface area contributed by atoms with E-state index in [0.29, 0.717) is 18.7 Å². The van der Waals surface area contributed by atoms with Crippen LogP contribution in [0.3, 0.4) is 0 Å². The van der Waals surface area contributed by atoms with Gasteiger partial charge < -0.3 is 10.1 Å². The first kappa shape index (κ1) is 16.0. The number of benzene rings is 1. The van der Waals surface area contributed by atoms with Crippen LogP contribution < -0.4 is 10.1 Å². The molecule has 0 bridgehead atoms. The molecule has 0 atom stereocenters. The Morgan fingerprint density at radius 1 is 1.18 bits per heavy atom. The van der Waals surface area contributed by atoms with E-state index in [-0.39, 0.29) is 5.91 Å². The highest BCUT2D eigenvalue weighted by Gasteiger charge is 2.07. The molecule has 0 unspecified atom stereocenters. The van der Waals surface area contributed by atoms with Gasteiger partial charge in [-0.3, -0.25) is 9.78 Å². The zero-order chi connectivity index (χ0) is 15.9. The normalized spacial score (nSPS) is 10.3. The highest BCUT2D eigenvalue weighted by atomic mass is 16.5. The minimum Gasteiger partial charge on any atom is -0.494 e. The second kappa shape index (κ2) is 7.59. The third-order valence-electron chi connectivity index (χ3n) is 3.56. The van der Waals surface area contributed by atoms with Crippen LogP contribution in [0, 0.1) is 13.8 Å². The largest absolute Gasteiger partial charge is 0.494 e. The second-order valence-corrected chi connectivity index (χ2v) is 5.22. The van der Waals surface area contributed by atoms with E-state index in [1.807, 2.05) is 13.8 Å². The molecular weight excluding hydrogens is 276 g/mol. The van der Waals surface area contributed by atoms with Crippen molar-refractivity contribution in [2.45, 2.75) is 27.2 Å². The topological polar surface area (TPSA) is 51.2 Å². The Hall–Kier alpha value is -2.36. The van der Waals surface area contributed by atoms with Crippen molar-refractivity contribution in [3.8, 4) is 5.75 Å². The fourth-order valence-electron chi connectivity index (χ4n) is 2.35. The van der Waals surface area contributed by atoms with Crippen LogP contribution in [0.4, 0.5) is 0 Å². The van der Waals surface area contributed by atoms with E-state index >= 15 is 0 Å². The molecule has 116 valence electrons. The van der Waals surface area contributed by atoms with E-state index in [0.717, 1.165) is 17.7 Å². The highest BCUT2D eigenvalue weighted by Crippen LogP contribution is 2.23. The molecule has 0 radical (unpaired) electrons. The van der Waals surface area contributed by atoms with Gasteiger partial charge in [0.25, 0.3) is 5.91 Å². The number of aromatic nitrogens is 1. The lowest BCUT2D eigenvalue weighted by Crippen LogP contribution is -2.25. The van der Waals surface area contributed by atoms with Crippen LogP contribution in [-0.2, 0) is 6.42 Å². The van der Waals surface area contributed by atoms with Crippen LogP contribution >= 0.6 is 0 Å². The first-order valence-electron chi connectivity index (χ1n) is 7.53. The Balaban J connectivity index is 1.95. The molecule has 0 saturated heterocycles. The third-order valence-corrected chi connectivity index (χ3v) is 3.56. The molecule has 1 aromatic heterocycles. The number of carbonyl (C=O) groups excluding carboxylic acids is 1. The smallest absolute Gasteiger partial charge is 0.251 e. The maximum atomic E-state index is 12.0. The monoisotopic (exact) mass is 298 g/mol. The number of rotatable bonds is 6. The van der Waals surface area contributed by atoms with Crippen molar-refractivity contribution in [3.05, 3.63) is 58.9 Å². The lowest BCUT2D eigenvalue weighted by molar-refractivity contribution is 0.0954. The minimum absolute atomic E-state index is 0.0669. The van der Waals surface area contributed by atoms with Crippen molar-refractivity contribution in [2.75, 3.05) is 13.2 Å². The van der Waals surface area contributed by atoms with Crippen LogP contribution in [0.5, 0.6) is 5.75 Å². The number of aryl methyl sites for hydroxylation is 2. The Kier molecular flexibility index (Phi) is 5.53. The molecule has 2 aromatic rings. The van der Waals surface area contributed by atoms with Gasteiger partial charge in [-0.05, 0) is 62.1 Å². The van der Waals surface area contributed by atoms with E-state index in [9.17, 15) is 4.79 Å². The Bertz CT molecular complexity index is 639. The SMILES string of the molecule is CCOc1cc(C)c(CCNC(=O)c2ccncc2)cc1C. The summed E-state index contributed by atoms with van der Waals surface area (Å²) in [5, 5.41) is 2.94. The Morgan fingerprint density at radius 2 is 1.91 bits per heavy atom. The van der Waals surface area contributed by atoms with Gasteiger partial charge in [0.1, 0.15) is 5.75 Å². The van der Waals surface area contributed by atoms with Crippen LogP contribution in [0.15, 0.2) is 36.7 Å². The highest BCUT2D eigenvalue weighted by molar-refractivity contribution is 5.93. The number of pyridine rings is 1. The number of hydrogen-bond acceptors (Lipinski definition) is 3. The number of nitrogens with zero attached hydrogens (tertiary/aromatic N) is 1. The summed E-state index contributed by atoms with van der Waals surface area (Å²) in [6, 6.07) is 7.63. The lowest BCUT2D eigenvalue weighted by Gasteiger charge is -2.13. The van der Waals surface area contributed by atoms with Crippen LogP contribution in [0.25, 0.3) is 0 Å². The summed E-state index contributed by atoms with van der Waals surface area (Å²) in [7, 11) is 0. The first-order valence-corrected chi connectivity index (χ1v) is 7.53. The summed E-state index contributed by atoms with van der Waals surface area (Å²) in [6.45, 7) is 7.37. The van der Waals surface area contributed by atoms with Gasteiger partial charge in [-0.1, -0.05) is 6.07 Å². The third kappa shape index (κ3) is 4.07. The molecule has 22 heavy (non-hydrogen) atoms.